The number of nitrogens with one attached hydrogen (secondary N) is 1. The lowest BCUT2D eigenvalue weighted by Crippen LogP contribution is -2.22. The van der Waals surface area contributed by atoms with Gasteiger partial charge in [-0.05, 0) is 37.1 Å². The van der Waals surface area contributed by atoms with Gasteiger partial charge in [0.25, 0.3) is 5.91 Å². The van der Waals surface area contributed by atoms with Crippen LogP contribution in [-0.2, 0) is 14.3 Å². The van der Waals surface area contributed by atoms with E-state index in [-0.39, 0.29) is 24.4 Å². The molecule has 1 fully saturated rings. The molecule has 1 saturated heterocycles. The van der Waals surface area contributed by atoms with Gasteiger partial charge in [0, 0.05) is 17.6 Å². The number of nitrogens with zero attached hydrogens (tertiary/aromatic N) is 1. The van der Waals surface area contributed by atoms with Gasteiger partial charge < -0.3 is 9.47 Å². The lowest BCUT2D eigenvalue weighted by atomic mass is 10.2. The van der Waals surface area contributed by atoms with Crippen molar-refractivity contribution in [3.63, 3.8) is 0 Å². The van der Waals surface area contributed by atoms with Gasteiger partial charge in [0.2, 0.25) is 0 Å². The third-order valence-corrected chi connectivity index (χ3v) is 4.21. The summed E-state index contributed by atoms with van der Waals surface area (Å²) in [6.45, 7) is 1.18. The van der Waals surface area contributed by atoms with E-state index in [1.165, 1.54) is 23.5 Å². The summed E-state index contributed by atoms with van der Waals surface area (Å²) in [4.78, 5) is 16.1. The second kappa shape index (κ2) is 7.63. The van der Waals surface area contributed by atoms with Crippen LogP contribution in [0.25, 0.3) is 11.3 Å². The van der Waals surface area contributed by atoms with Crippen molar-refractivity contribution >= 4 is 22.4 Å². The molecule has 5 nitrogen and oxygen atoms in total. The Bertz CT molecular complexity index is 654. The van der Waals surface area contributed by atoms with E-state index in [4.69, 9.17) is 9.47 Å². The average molecular weight is 336 g/mol. The molecule has 23 heavy (non-hydrogen) atoms. The molecule has 1 aliphatic rings. The molecular weight excluding hydrogens is 319 g/mol. The Labute approximate surface area is 137 Å². The summed E-state index contributed by atoms with van der Waals surface area (Å²) in [5.74, 6) is -0.538. The van der Waals surface area contributed by atoms with Crippen LogP contribution in [0.1, 0.15) is 12.8 Å². The number of halogens is 1. The standard InChI is InChI=1S/C16H17FN2O3S/c17-12-5-3-11(4-6-12)14-10-23-16(18-14)19-15(20)9-21-8-13-2-1-7-22-13/h3-6,10,13H,1-2,7-9H2,(H,18,19,20). The first-order valence-corrected chi connectivity index (χ1v) is 8.29. The average Bonchev–Trinajstić information content (AvgIpc) is 3.20. The molecule has 1 unspecified atom stereocenters. The second-order valence-corrected chi connectivity index (χ2v) is 6.10. The molecule has 1 N–H and O–H groups in total. The molecule has 2 heterocycles. The van der Waals surface area contributed by atoms with Gasteiger partial charge in [0.15, 0.2) is 5.13 Å². The van der Waals surface area contributed by atoms with Crippen molar-refractivity contribution in [3.05, 3.63) is 35.5 Å². The number of ether oxygens (including phenoxy) is 2. The lowest BCUT2D eigenvalue weighted by Gasteiger charge is -2.09. The number of anilines is 1. The molecule has 0 radical (unpaired) electrons. The molecule has 1 amide bonds. The zero-order chi connectivity index (χ0) is 16.1. The predicted molar refractivity (Wildman–Crippen MR) is 85.9 cm³/mol. The van der Waals surface area contributed by atoms with Crippen molar-refractivity contribution in [1.29, 1.82) is 0 Å². The Morgan fingerprint density at radius 3 is 3.00 bits per heavy atom. The SMILES string of the molecule is O=C(COCC1CCCO1)Nc1nc(-c2ccc(F)cc2)cs1. The Hall–Kier alpha value is -1.83. The quantitative estimate of drug-likeness (QED) is 0.881. The second-order valence-electron chi connectivity index (χ2n) is 5.24. The fourth-order valence-corrected chi connectivity index (χ4v) is 3.03. The normalized spacial score (nSPS) is 17.3. The third kappa shape index (κ3) is 4.57. The van der Waals surface area contributed by atoms with E-state index >= 15 is 0 Å². The van der Waals surface area contributed by atoms with Crippen LogP contribution in [0.4, 0.5) is 9.52 Å². The van der Waals surface area contributed by atoms with Crippen LogP contribution < -0.4 is 5.32 Å². The highest BCUT2D eigenvalue weighted by Gasteiger charge is 2.16. The summed E-state index contributed by atoms with van der Waals surface area (Å²) in [7, 11) is 0. The van der Waals surface area contributed by atoms with Crippen LogP contribution >= 0.6 is 11.3 Å². The predicted octanol–water partition coefficient (Wildman–Crippen LogP) is 3.08. The minimum absolute atomic E-state index is 0.0225. The molecule has 0 bridgehead atoms. The highest BCUT2D eigenvalue weighted by molar-refractivity contribution is 7.14. The Kier molecular flexibility index (Phi) is 5.32. The number of aromatic nitrogens is 1. The van der Waals surface area contributed by atoms with Crippen molar-refractivity contribution in [1.82, 2.24) is 4.98 Å². The zero-order valence-electron chi connectivity index (χ0n) is 12.5. The van der Waals surface area contributed by atoms with Crippen LogP contribution in [0.2, 0.25) is 0 Å². The van der Waals surface area contributed by atoms with E-state index in [1.807, 2.05) is 5.38 Å². The van der Waals surface area contributed by atoms with Crippen molar-refractivity contribution in [2.75, 3.05) is 25.1 Å². The maximum absolute atomic E-state index is 12.9. The number of rotatable bonds is 6. The van der Waals surface area contributed by atoms with Crippen molar-refractivity contribution in [3.8, 4) is 11.3 Å². The zero-order valence-corrected chi connectivity index (χ0v) is 13.3. The molecule has 0 spiro atoms. The molecule has 1 aromatic carbocycles. The fraction of sp³-hybridized carbons (Fsp3) is 0.375. The van der Waals surface area contributed by atoms with Crippen LogP contribution in [0.15, 0.2) is 29.6 Å². The first kappa shape index (κ1) is 16.0. The van der Waals surface area contributed by atoms with Gasteiger partial charge in [-0.1, -0.05) is 0 Å². The van der Waals surface area contributed by atoms with E-state index < -0.39 is 0 Å². The summed E-state index contributed by atoms with van der Waals surface area (Å²) in [5, 5.41) is 5.01. The molecule has 1 aliphatic heterocycles. The van der Waals surface area contributed by atoms with Gasteiger partial charge in [-0.25, -0.2) is 9.37 Å². The molecule has 0 saturated carbocycles. The smallest absolute Gasteiger partial charge is 0.252 e. The van der Waals surface area contributed by atoms with E-state index in [1.54, 1.807) is 12.1 Å². The minimum Gasteiger partial charge on any atom is -0.376 e. The van der Waals surface area contributed by atoms with Gasteiger partial charge >= 0.3 is 0 Å². The molecule has 1 aromatic heterocycles. The van der Waals surface area contributed by atoms with Crippen LogP contribution in [-0.4, -0.2) is 36.8 Å². The number of carbonyl (C=O) groups excluding carboxylic acids is 1. The number of amides is 1. The maximum Gasteiger partial charge on any atom is 0.252 e. The molecule has 7 heteroatoms. The fourth-order valence-electron chi connectivity index (χ4n) is 2.30. The van der Waals surface area contributed by atoms with Crippen LogP contribution in [0.3, 0.4) is 0 Å². The summed E-state index contributed by atoms with van der Waals surface area (Å²) in [6, 6.07) is 6.07. The first-order chi connectivity index (χ1) is 11.2. The van der Waals surface area contributed by atoms with Crippen molar-refractivity contribution in [2.45, 2.75) is 18.9 Å². The molecular formula is C16H17FN2O3S. The van der Waals surface area contributed by atoms with E-state index in [2.05, 4.69) is 10.3 Å². The number of benzene rings is 1. The van der Waals surface area contributed by atoms with Crippen LogP contribution in [0, 0.1) is 5.82 Å². The molecule has 2 aromatic rings. The summed E-state index contributed by atoms with van der Waals surface area (Å²) >= 11 is 1.32. The largest absolute Gasteiger partial charge is 0.376 e. The maximum atomic E-state index is 12.9. The highest BCUT2D eigenvalue weighted by Crippen LogP contribution is 2.25. The van der Waals surface area contributed by atoms with Gasteiger partial charge in [-0.3, -0.25) is 10.1 Å². The summed E-state index contributed by atoms with van der Waals surface area (Å²) in [5.41, 5.74) is 1.50. The lowest BCUT2D eigenvalue weighted by molar-refractivity contribution is -0.121. The van der Waals surface area contributed by atoms with Gasteiger partial charge in [-0.2, -0.15) is 0 Å². The highest BCUT2D eigenvalue weighted by atomic mass is 32.1. The van der Waals surface area contributed by atoms with E-state index in [0.717, 1.165) is 25.0 Å². The van der Waals surface area contributed by atoms with Gasteiger partial charge in [0.05, 0.1) is 18.4 Å². The topological polar surface area (TPSA) is 60.5 Å². The Morgan fingerprint density at radius 1 is 1.43 bits per heavy atom. The van der Waals surface area contributed by atoms with Crippen LogP contribution in [0.5, 0.6) is 0 Å². The van der Waals surface area contributed by atoms with Crippen molar-refractivity contribution < 1.29 is 18.7 Å². The Morgan fingerprint density at radius 2 is 2.26 bits per heavy atom. The Balaban J connectivity index is 1.48. The molecule has 0 aliphatic carbocycles. The van der Waals surface area contributed by atoms with E-state index in [9.17, 15) is 9.18 Å². The van der Waals surface area contributed by atoms with E-state index in [0.29, 0.717) is 17.4 Å². The van der Waals surface area contributed by atoms with Gasteiger partial charge in [-0.15, -0.1) is 11.3 Å². The number of carbonyl (C=O) groups is 1. The first-order valence-electron chi connectivity index (χ1n) is 7.41. The molecule has 122 valence electrons. The number of hydrogen-bond donors (Lipinski definition) is 1. The summed E-state index contributed by atoms with van der Waals surface area (Å²) < 4.78 is 23.7. The molecule has 1 atom stereocenters. The number of hydrogen-bond acceptors (Lipinski definition) is 5. The van der Waals surface area contributed by atoms with Crippen molar-refractivity contribution in [2.24, 2.45) is 0 Å². The summed E-state index contributed by atoms with van der Waals surface area (Å²) in [6.07, 6.45) is 2.13. The minimum atomic E-state index is -0.291. The molecule has 3 rings (SSSR count). The monoisotopic (exact) mass is 336 g/mol. The number of thiazole rings is 1. The van der Waals surface area contributed by atoms with Gasteiger partial charge in [0.1, 0.15) is 12.4 Å². The third-order valence-electron chi connectivity index (χ3n) is 3.45.